The van der Waals surface area contributed by atoms with Gasteiger partial charge in [-0.3, -0.25) is 19.4 Å². The fraction of sp³-hybridized carbons (Fsp3) is 0.526. The Labute approximate surface area is 318 Å². The molecule has 17 heteroatoms. The number of benzene rings is 1. The van der Waals surface area contributed by atoms with Crippen LogP contribution in [0.3, 0.4) is 0 Å². The number of hydrogen-bond donors (Lipinski definition) is 2. The molecule has 2 aliphatic heterocycles. The molecule has 1 aromatic carbocycles. The van der Waals surface area contributed by atoms with Crippen LogP contribution >= 0.6 is 11.3 Å². The van der Waals surface area contributed by atoms with Gasteiger partial charge in [0.2, 0.25) is 5.60 Å². The van der Waals surface area contributed by atoms with Crippen molar-refractivity contribution < 1.29 is 55.3 Å². The highest BCUT2D eigenvalue weighted by molar-refractivity contribution is 7.10. The van der Waals surface area contributed by atoms with Crippen LogP contribution < -0.4 is 15.2 Å². The third kappa shape index (κ3) is 9.36. The van der Waals surface area contributed by atoms with E-state index in [1.807, 2.05) is 13.0 Å². The Kier molecular flexibility index (Phi) is 12.7. The molecule has 0 bridgehead atoms. The summed E-state index contributed by atoms with van der Waals surface area (Å²) >= 11 is 0.378. The summed E-state index contributed by atoms with van der Waals surface area (Å²) in [6, 6.07) is 8.60. The van der Waals surface area contributed by atoms with Gasteiger partial charge in [-0.1, -0.05) is 31.5 Å². The van der Waals surface area contributed by atoms with Gasteiger partial charge in [0.1, 0.15) is 22.1 Å². The number of rotatable bonds is 13. The number of carboxylic acid groups (broad SMARTS) is 1. The lowest BCUT2D eigenvalue weighted by atomic mass is 9.77. The van der Waals surface area contributed by atoms with Crippen LogP contribution in [0, 0.1) is 0 Å². The van der Waals surface area contributed by atoms with Crippen molar-refractivity contribution in [2.24, 2.45) is 5.73 Å². The molecule has 3 N–H and O–H groups in total. The van der Waals surface area contributed by atoms with Crippen LogP contribution in [0.1, 0.15) is 98.1 Å². The normalized spacial score (nSPS) is 20.9. The first-order chi connectivity index (χ1) is 25.9. The third-order valence-electron chi connectivity index (χ3n) is 10.2. The van der Waals surface area contributed by atoms with Gasteiger partial charge in [-0.25, -0.2) is 0 Å². The highest BCUT2D eigenvalue weighted by Gasteiger charge is 2.56. The average Bonchev–Trinajstić information content (AvgIpc) is 3.61. The van der Waals surface area contributed by atoms with Gasteiger partial charge in [0.25, 0.3) is 11.8 Å². The molecular formula is C38H44F6N4O6S. The average molecular weight is 799 g/mol. The van der Waals surface area contributed by atoms with Crippen molar-refractivity contribution in [1.29, 1.82) is 0 Å². The minimum Gasteiger partial charge on any atom is -0.490 e. The zero-order chi connectivity index (χ0) is 40.2. The number of halogens is 6. The summed E-state index contributed by atoms with van der Waals surface area (Å²) in [6.45, 7) is 3.73. The van der Waals surface area contributed by atoms with E-state index in [1.54, 1.807) is 25.1 Å². The first kappa shape index (κ1) is 41.8. The molecule has 55 heavy (non-hydrogen) atoms. The molecular weight excluding hydrogens is 754 g/mol. The van der Waals surface area contributed by atoms with Gasteiger partial charge in [-0.15, -0.1) is 11.3 Å². The molecule has 0 radical (unpaired) electrons. The maximum atomic E-state index is 14.9. The number of carbonyl (C=O) groups excluding carboxylic acids is 2. The van der Waals surface area contributed by atoms with Crippen LogP contribution in [-0.4, -0.2) is 75.1 Å². The van der Waals surface area contributed by atoms with Gasteiger partial charge in [0.15, 0.2) is 0 Å². The van der Waals surface area contributed by atoms with Crippen LogP contribution in [0.4, 0.5) is 26.3 Å². The maximum Gasteiger partial charge on any atom is 0.425 e. The number of nitrogens with zero attached hydrogens (tertiary/aromatic N) is 3. The summed E-state index contributed by atoms with van der Waals surface area (Å²) in [6.07, 6.45) is -6.93. The Morgan fingerprint density at radius 1 is 1.04 bits per heavy atom. The summed E-state index contributed by atoms with van der Waals surface area (Å²) in [7, 11) is 0. The number of hydrogen-bond acceptors (Lipinski definition) is 8. The van der Waals surface area contributed by atoms with Crippen LogP contribution in [0.25, 0.3) is 0 Å². The predicted molar refractivity (Wildman–Crippen MR) is 191 cm³/mol. The highest BCUT2D eigenvalue weighted by atomic mass is 32.1. The number of ether oxygens (including phenoxy) is 2. The SMILES string of the molecule is CCC[C@H]1N(C(=O)c2ncccc2C(F)(F)F)CCC[C@@]1(Oc1csc(C(F)(F)F)c1)C(=O)N1CCC(N)(c2ccccc2O[C@H](C)CCCC(=O)O)CC1. The van der Waals surface area contributed by atoms with Crippen LogP contribution in [-0.2, 0) is 27.5 Å². The van der Waals surface area contributed by atoms with E-state index in [2.05, 4.69) is 4.98 Å². The van der Waals surface area contributed by atoms with E-state index in [-0.39, 0.29) is 70.0 Å². The minimum absolute atomic E-state index is 0.00388. The molecule has 0 spiro atoms. The number of thiophene rings is 1. The van der Waals surface area contributed by atoms with Crippen molar-refractivity contribution in [1.82, 2.24) is 14.8 Å². The predicted octanol–water partition coefficient (Wildman–Crippen LogP) is 7.90. The van der Waals surface area contributed by atoms with Crippen molar-refractivity contribution in [3.05, 3.63) is 75.7 Å². The van der Waals surface area contributed by atoms with Crippen LogP contribution in [0.2, 0.25) is 0 Å². The number of amides is 2. The molecule has 10 nitrogen and oxygen atoms in total. The number of pyridine rings is 1. The molecule has 2 fully saturated rings. The van der Waals surface area contributed by atoms with Gasteiger partial charge < -0.3 is 30.1 Å². The number of carboxylic acids is 1. The van der Waals surface area contributed by atoms with Crippen molar-refractivity contribution in [2.75, 3.05) is 19.6 Å². The fourth-order valence-electron chi connectivity index (χ4n) is 7.52. The van der Waals surface area contributed by atoms with Crippen LogP contribution in [0.15, 0.2) is 54.0 Å². The number of piperidine rings is 2. The largest absolute Gasteiger partial charge is 0.490 e. The first-order valence-corrected chi connectivity index (χ1v) is 19.0. The van der Waals surface area contributed by atoms with Gasteiger partial charge in [-0.2, -0.15) is 26.3 Å². The van der Waals surface area contributed by atoms with Gasteiger partial charge >= 0.3 is 18.3 Å². The van der Waals surface area contributed by atoms with E-state index < -0.39 is 63.5 Å². The van der Waals surface area contributed by atoms with Crippen molar-refractivity contribution in [3.8, 4) is 11.5 Å². The number of carbonyl (C=O) groups is 3. The molecule has 4 heterocycles. The second kappa shape index (κ2) is 16.8. The number of alkyl halides is 6. The zero-order valence-corrected chi connectivity index (χ0v) is 31.2. The summed E-state index contributed by atoms with van der Waals surface area (Å²) in [4.78, 5) is 45.4. The molecule has 300 valence electrons. The number of nitrogens with two attached hydrogens (primary N) is 1. The fourth-order valence-corrected chi connectivity index (χ4v) is 8.20. The van der Waals surface area contributed by atoms with Gasteiger partial charge in [0, 0.05) is 61.2 Å². The van der Waals surface area contributed by atoms with Crippen molar-refractivity contribution >= 4 is 29.1 Å². The minimum atomic E-state index is -4.91. The van der Waals surface area contributed by atoms with Gasteiger partial charge in [0.05, 0.1) is 17.7 Å². The second-order valence-electron chi connectivity index (χ2n) is 14.1. The summed E-state index contributed by atoms with van der Waals surface area (Å²) in [5.74, 6) is -2.31. The van der Waals surface area contributed by atoms with Crippen LogP contribution in [0.5, 0.6) is 11.5 Å². The van der Waals surface area contributed by atoms with E-state index in [4.69, 9.17) is 20.3 Å². The van der Waals surface area contributed by atoms with E-state index in [1.165, 1.54) is 4.90 Å². The molecule has 2 aliphatic rings. The molecule has 3 aromatic rings. The van der Waals surface area contributed by atoms with Gasteiger partial charge in [-0.05, 0) is 63.6 Å². The highest BCUT2D eigenvalue weighted by Crippen LogP contribution is 2.44. The Balaban J connectivity index is 1.46. The monoisotopic (exact) mass is 798 g/mol. The molecule has 2 saturated heterocycles. The lowest BCUT2D eigenvalue weighted by Crippen LogP contribution is -2.69. The first-order valence-electron chi connectivity index (χ1n) is 18.1. The van der Waals surface area contributed by atoms with Crippen molar-refractivity contribution in [2.45, 2.75) is 107 Å². The second-order valence-corrected chi connectivity index (χ2v) is 15.0. The molecule has 5 rings (SSSR count). The smallest absolute Gasteiger partial charge is 0.425 e. The Morgan fingerprint density at radius 2 is 1.75 bits per heavy atom. The number of likely N-dealkylation sites (tertiary alicyclic amines) is 2. The number of aliphatic carboxylic acids is 1. The number of aromatic nitrogens is 1. The molecule has 0 unspecified atom stereocenters. The topological polar surface area (TPSA) is 135 Å². The lowest BCUT2D eigenvalue weighted by molar-refractivity contribution is -0.161. The van der Waals surface area contributed by atoms with E-state index in [0.29, 0.717) is 41.9 Å². The zero-order valence-electron chi connectivity index (χ0n) is 30.4. The van der Waals surface area contributed by atoms with E-state index >= 15 is 0 Å². The molecule has 2 amide bonds. The van der Waals surface area contributed by atoms with E-state index in [9.17, 15) is 40.7 Å². The third-order valence-corrected chi connectivity index (χ3v) is 11.2. The molecule has 3 atom stereocenters. The molecule has 0 aliphatic carbocycles. The maximum absolute atomic E-state index is 14.9. The number of para-hydroxylation sites is 1. The summed E-state index contributed by atoms with van der Waals surface area (Å²) in [5.41, 5.74) is 2.66. The van der Waals surface area contributed by atoms with E-state index in [0.717, 1.165) is 34.7 Å². The summed E-state index contributed by atoms with van der Waals surface area (Å²) in [5, 5.41) is 10.1. The Bertz CT molecular complexity index is 1830. The molecule has 0 saturated carbocycles. The van der Waals surface area contributed by atoms with Crippen molar-refractivity contribution in [3.63, 3.8) is 0 Å². The molecule has 2 aromatic heterocycles. The Morgan fingerprint density at radius 3 is 2.38 bits per heavy atom. The standard InChI is InChI=1S/C38H44F6N4O6S/c1-3-9-29-36(54-25-22-30(55-23-25)38(42,43)44,15-8-19-48(29)33(51)32-27(37(39,40)41)12-7-18-46-32)34(52)47-20-16-35(45,17-21-47)26-11-4-5-13-28(26)53-24(2)10-6-14-31(49)50/h4-5,7,11-13,18,22-24,29H,3,6,8-10,14-17,19-21,45H2,1-2H3,(H,49,50)/t24-,29-,36+/m1/s1. The summed E-state index contributed by atoms with van der Waals surface area (Å²) < 4.78 is 95.8. The Hall–Kier alpha value is -4.38. The quantitative estimate of drug-likeness (QED) is 0.167. The lowest BCUT2D eigenvalue weighted by Gasteiger charge is -2.51.